The van der Waals surface area contributed by atoms with Crippen molar-refractivity contribution in [2.45, 2.75) is 56.8 Å². The third-order valence-corrected chi connectivity index (χ3v) is 5.05. The molecule has 134 valence electrons. The van der Waals surface area contributed by atoms with Crippen LogP contribution < -0.4 is 10.6 Å². The number of fused-ring (bicyclic) bond motifs is 1. The van der Waals surface area contributed by atoms with E-state index in [1.165, 1.54) is 0 Å². The van der Waals surface area contributed by atoms with Crippen molar-refractivity contribution < 1.29 is 10.2 Å². The summed E-state index contributed by atoms with van der Waals surface area (Å²) in [5.74, 6) is 1.50. The fourth-order valence-corrected chi connectivity index (χ4v) is 3.56. The molecule has 0 saturated heterocycles. The molecule has 4 N–H and O–H groups in total. The van der Waals surface area contributed by atoms with E-state index in [0.717, 1.165) is 55.7 Å². The Kier molecular flexibility index (Phi) is 4.54. The number of hydrogen-bond donors (Lipinski definition) is 4. The molecule has 0 spiro atoms. The van der Waals surface area contributed by atoms with Crippen molar-refractivity contribution in [3.8, 4) is 11.3 Å². The molecule has 3 heterocycles. The van der Waals surface area contributed by atoms with Crippen molar-refractivity contribution in [2.24, 2.45) is 0 Å². The Hall–Kier alpha value is -2.19. The van der Waals surface area contributed by atoms with Crippen LogP contribution in [0.4, 0.5) is 11.8 Å². The van der Waals surface area contributed by atoms with E-state index in [1.807, 2.05) is 16.9 Å². The van der Waals surface area contributed by atoms with Gasteiger partial charge in [0, 0.05) is 18.8 Å². The Morgan fingerprint density at radius 2 is 2.08 bits per heavy atom. The van der Waals surface area contributed by atoms with Crippen LogP contribution in [0.15, 0.2) is 18.5 Å². The summed E-state index contributed by atoms with van der Waals surface area (Å²) in [7, 11) is 0. The van der Waals surface area contributed by atoms with Crippen LogP contribution in [0.3, 0.4) is 0 Å². The average Bonchev–Trinajstić information content (AvgIpc) is 3.07. The average molecular weight is 344 g/mol. The number of aromatic nitrogens is 4. The molecule has 1 fully saturated rings. The fraction of sp³-hybridized carbons (Fsp3) is 0.588. The Morgan fingerprint density at radius 1 is 1.24 bits per heavy atom. The van der Waals surface area contributed by atoms with Crippen molar-refractivity contribution in [2.75, 3.05) is 17.2 Å². The van der Waals surface area contributed by atoms with Gasteiger partial charge in [0.2, 0.25) is 5.95 Å². The molecule has 1 aliphatic carbocycles. The standard InChI is InChI=1S/C17H24N6O2/c24-10-12-6-8-23-16(20-12)14(9-19-23)15-5-7-18-17(22-15)21-11-1-3-13(25)4-2-11/h5,7,9,11-13,20,24-25H,1-4,6,8,10H2,(H,18,21,22). The highest BCUT2D eigenvalue weighted by molar-refractivity contribution is 5.73. The molecule has 2 aromatic rings. The van der Waals surface area contributed by atoms with Gasteiger partial charge >= 0.3 is 0 Å². The number of aliphatic hydroxyl groups is 2. The highest BCUT2D eigenvalue weighted by Crippen LogP contribution is 2.30. The second-order valence-electron chi connectivity index (χ2n) is 6.86. The maximum absolute atomic E-state index is 9.62. The molecule has 1 aliphatic heterocycles. The van der Waals surface area contributed by atoms with Crippen molar-refractivity contribution >= 4 is 11.8 Å². The summed E-state index contributed by atoms with van der Waals surface area (Å²) >= 11 is 0. The number of rotatable bonds is 4. The third kappa shape index (κ3) is 3.45. The van der Waals surface area contributed by atoms with Gasteiger partial charge < -0.3 is 20.8 Å². The summed E-state index contributed by atoms with van der Waals surface area (Å²) in [6, 6.07) is 2.23. The largest absolute Gasteiger partial charge is 0.394 e. The number of aliphatic hydroxyl groups excluding tert-OH is 2. The predicted octanol–water partition coefficient (Wildman–Crippen LogP) is 1.23. The van der Waals surface area contributed by atoms with Gasteiger partial charge in [0.1, 0.15) is 5.82 Å². The minimum Gasteiger partial charge on any atom is -0.394 e. The maximum Gasteiger partial charge on any atom is 0.223 e. The van der Waals surface area contributed by atoms with E-state index in [0.29, 0.717) is 12.0 Å². The van der Waals surface area contributed by atoms with Gasteiger partial charge in [-0.2, -0.15) is 5.10 Å². The van der Waals surface area contributed by atoms with Crippen LogP contribution >= 0.6 is 0 Å². The van der Waals surface area contributed by atoms with Crippen LogP contribution in [0.25, 0.3) is 11.3 Å². The monoisotopic (exact) mass is 344 g/mol. The fourth-order valence-electron chi connectivity index (χ4n) is 3.56. The summed E-state index contributed by atoms with van der Waals surface area (Å²) in [5.41, 5.74) is 1.73. The molecule has 4 rings (SSSR count). The van der Waals surface area contributed by atoms with Gasteiger partial charge in [0.25, 0.3) is 0 Å². The summed E-state index contributed by atoms with van der Waals surface area (Å²) in [5, 5.41) is 30.2. The van der Waals surface area contributed by atoms with E-state index in [1.54, 1.807) is 6.20 Å². The number of anilines is 2. The first kappa shape index (κ1) is 16.3. The van der Waals surface area contributed by atoms with Gasteiger partial charge in [-0.15, -0.1) is 0 Å². The van der Waals surface area contributed by atoms with Crippen LogP contribution in [-0.2, 0) is 6.54 Å². The molecule has 25 heavy (non-hydrogen) atoms. The van der Waals surface area contributed by atoms with Crippen LogP contribution in [-0.4, -0.2) is 54.8 Å². The van der Waals surface area contributed by atoms with Crippen LogP contribution in [0.2, 0.25) is 0 Å². The molecular formula is C17H24N6O2. The Morgan fingerprint density at radius 3 is 2.88 bits per heavy atom. The van der Waals surface area contributed by atoms with Crippen molar-refractivity contribution in [1.29, 1.82) is 0 Å². The van der Waals surface area contributed by atoms with Gasteiger partial charge in [-0.05, 0) is 38.2 Å². The topological polar surface area (TPSA) is 108 Å². The molecule has 0 amide bonds. The molecule has 1 saturated carbocycles. The summed E-state index contributed by atoms with van der Waals surface area (Å²) in [6.45, 7) is 0.892. The molecule has 0 aromatic carbocycles. The zero-order valence-electron chi connectivity index (χ0n) is 14.1. The van der Waals surface area contributed by atoms with Gasteiger partial charge in [-0.1, -0.05) is 0 Å². The highest BCUT2D eigenvalue weighted by Gasteiger charge is 2.23. The molecule has 8 nitrogen and oxygen atoms in total. The summed E-state index contributed by atoms with van der Waals surface area (Å²) in [6.07, 6.45) is 7.74. The second-order valence-corrected chi connectivity index (χ2v) is 6.86. The molecule has 8 heteroatoms. The molecular weight excluding hydrogens is 320 g/mol. The van der Waals surface area contributed by atoms with Crippen LogP contribution in [0.1, 0.15) is 32.1 Å². The lowest BCUT2D eigenvalue weighted by molar-refractivity contribution is 0.126. The minimum atomic E-state index is -0.171. The van der Waals surface area contributed by atoms with E-state index in [4.69, 9.17) is 0 Å². The van der Waals surface area contributed by atoms with Gasteiger partial charge in [-0.3, -0.25) is 0 Å². The number of nitrogens with one attached hydrogen (secondary N) is 2. The Balaban J connectivity index is 1.53. The maximum atomic E-state index is 9.62. The lowest BCUT2D eigenvalue weighted by Crippen LogP contribution is -2.31. The number of aryl methyl sites for hydroxylation is 1. The zero-order chi connectivity index (χ0) is 17.2. The van der Waals surface area contributed by atoms with E-state index in [9.17, 15) is 10.2 Å². The number of nitrogens with zero attached hydrogens (tertiary/aromatic N) is 4. The quantitative estimate of drug-likeness (QED) is 0.661. The normalized spacial score (nSPS) is 25.9. The third-order valence-electron chi connectivity index (χ3n) is 5.05. The molecule has 1 atom stereocenters. The van der Waals surface area contributed by atoms with Crippen molar-refractivity contribution in [3.05, 3.63) is 18.5 Å². The molecule has 2 aromatic heterocycles. The van der Waals surface area contributed by atoms with Gasteiger partial charge in [0.15, 0.2) is 0 Å². The van der Waals surface area contributed by atoms with Crippen molar-refractivity contribution in [3.63, 3.8) is 0 Å². The Bertz CT molecular complexity index is 726. The van der Waals surface area contributed by atoms with E-state index in [2.05, 4.69) is 25.7 Å². The van der Waals surface area contributed by atoms with Gasteiger partial charge in [-0.25, -0.2) is 14.6 Å². The first-order valence-electron chi connectivity index (χ1n) is 8.94. The van der Waals surface area contributed by atoms with Crippen LogP contribution in [0, 0.1) is 0 Å². The molecule has 0 radical (unpaired) electrons. The lowest BCUT2D eigenvalue weighted by atomic mass is 9.93. The first-order chi connectivity index (χ1) is 12.2. The highest BCUT2D eigenvalue weighted by atomic mass is 16.3. The van der Waals surface area contributed by atoms with Crippen LogP contribution in [0.5, 0.6) is 0 Å². The van der Waals surface area contributed by atoms with E-state index in [-0.39, 0.29) is 18.8 Å². The lowest BCUT2D eigenvalue weighted by Gasteiger charge is -2.26. The van der Waals surface area contributed by atoms with Gasteiger partial charge in [0.05, 0.1) is 36.2 Å². The SMILES string of the molecule is OCC1CCn2ncc(-c3ccnc(NC4CCC(O)CC4)n3)c2N1. The first-order valence-corrected chi connectivity index (χ1v) is 8.94. The number of hydrogen-bond acceptors (Lipinski definition) is 7. The van der Waals surface area contributed by atoms with Crippen molar-refractivity contribution in [1.82, 2.24) is 19.7 Å². The van der Waals surface area contributed by atoms with E-state index >= 15 is 0 Å². The van der Waals surface area contributed by atoms with E-state index < -0.39 is 0 Å². The summed E-state index contributed by atoms with van der Waals surface area (Å²) < 4.78 is 1.92. The molecule has 1 unspecified atom stereocenters. The predicted molar refractivity (Wildman–Crippen MR) is 94.3 cm³/mol. The zero-order valence-corrected chi connectivity index (χ0v) is 14.1. The second kappa shape index (κ2) is 6.97. The smallest absolute Gasteiger partial charge is 0.223 e. The summed E-state index contributed by atoms with van der Waals surface area (Å²) in [4.78, 5) is 8.98. The molecule has 2 aliphatic rings. The minimum absolute atomic E-state index is 0.0519. The Labute approximate surface area is 146 Å². The molecule has 0 bridgehead atoms.